The molecule has 1 rings (SSSR count). The lowest BCUT2D eigenvalue weighted by atomic mass is 10.3. The average molecular weight is 287 g/mol. The number of ether oxygens (including phenoxy) is 1. The van der Waals surface area contributed by atoms with E-state index in [2.05, 4.69) is 32.7 Å². The molecule has 0 amide bonds. The molecular formula is C12H19BrN2O. The maximum atomic E-state index is 5.55. The molecule has 4 heteroatoms. The van der Waals surface area contributed by atoms with Gasteiger partial charge in [-0.15, -0.1) is 0 Å². The lowest BCUT2D eigenvalue weighted by Crippen LogP contribution is -2.22. The van der Waals surface area contributed by atoms with Gasteiger partial charge in [0.15, 0.2) is 11.6 Å². The van der Waals surface area contributed by atoms with Gasteiger partial charge in [0.25, 0.3) is 0 Å². The molecule has 0 radical (unpaired) electrons. The minimum atomic E-state index is 0.522. The standard InChI is InChI=1S/C12H19BrN2O/c1-4-16-11-6-5-8-14-12(11)15(3)9-7-10(2)13/h5-6,8,10H,4,7,9H2,1-3H3. The molecule has 0 aromatic carbocycles. The average Bonchev–Trinajstić information content (AvgIpc) is 2.27. The molecule has 1 aromatic rings. The summed E-state index contributed by atoms with van der Waals surface area (Å²) in [4.78, 5) is 7.01. The minimum Gasteiger partial charge on any atom is -0.490 e. The molecule has 0 aliphatic rings. The van der Waals surface area contributed by atoms with E-state index in [-0.39, 0.29) is 0 Å². The van der Waals surface area contributed by atoms with Gasteiger partial charge in [-0.05, 0) is 25.5 Å². The van der Waals surface area contributed by atoms with Crippen LogP contribution in [0.25, 0.3) is 0 Å². The van der Waals surface area contributed by atoms with Gasteiger partial charge in [-0.1, -0.05) is 22.9 Å². The van der Waals surface area contributed by atoms with E-state index in [0.29, 0.717) is 11.4 Å². The molecule has 0 fully saturated rings. The highest BCUT2D eigenvalue weighted by Gasteiger charge is 2.09. The molecular weight excluding hydrogens is 268 g/mol. The predicted octanol–water partition coefficient (Wildman–Crippen LogP) is 3.09. The van der Waals surface area contributed by atoms with Crippen molar-refractivity contribution < 1.29 is 4.74 Å². The zero-order valence-corrected chi connectivity index (χ0v) is 11.7. The molecule has 1 heterocycles. The van der Waals surface area contributed by atoms with Crippen molar-refractivity contribution in [1.82, 2.24) is 4.98 Å². The van der Waals surface area contributed by atoms with E-state index < -0.39 is 0 Å². The first kappa shape index (κ1) is 13.3. The van der Waals surface area contributed by atoms with Crippen LogP contribution in [0.1, 0.15) is 20.3 Å². The Morgan fingerprint density at radius 3 is 2.94 bits per heavy atom. The Bertz CT molecular complexity index is 318. The molecule has 3 nitrogen and oxygen atoms in total. The zero-order chi connectivity index (χ0) is 12.0. The second kappa shape index (κ2) is 6.74. The summed E-state index contributed by atoms with van der Waals surface area (Å²) in [5.74, 6) is 1.77. The Labute approximate surface area is 106 Å². The molecule has 0 bridgehead atoms. The molecule has 16 heavy (non-hydrogen) atoms. The van der Waals surface area contributed by atoms with E-state index in [4.69, 9.17) is 4.74 Å². The van der Waals surface area contributed by atoms with Crippen LogP contribution in [0.3, 0.4) is 0 Å². The van der Waals surface area contributed by atoms with Crippen LogP contribution < -0.4 is 9.64 Å². The van der Waals surface area contributed by atoms with Crippen LogP contribution in [0.4, 0.5) is 5.82 Å². The second-order valence-electron chi connectivity index (χ2n) is 3.75. The minimum absolute atomic E-state index is 0.522. The molecule has 1 unspecified atom stereocenters. The molecule has 1 atom stereocenters. The van der Waals surface area contributed by atoms with Crippen molar-refractivity contribution in [3.05, 3.63) is 18.3 Å². The Hall–Kier alpha value is -0.770. The molecule has 0 spiro atoms. The molecule has 0 N–H and O–H groups in total. The number of halogens is 1. The number of aromatic nitrogens is 1. The van der Waals surface area contributed by atoms with Crippen molar-refractivity contribution in [2.24, 2.45) is 0 Å². The maximum absolute atomic E-state index is 5.55. The topological polar surface area (TPSA) is 25.4 Å². The quantitative estimate of drug-likeness (QED) is 0.752. The molecule has 0 saturated heterocycles. The van der Waals surface area contributed by atoms with E-state index in [0.717, 1.165) is 24.5 Å². The zero-order valence-electron chi connectivity index (χ0n) is 10.1. The largest absolute Gasteiger partial charge is 0.490 e. The number of pyridine rings is 1. The normalized spacial score (nSPS) is 12.2. The first-order valence-electron chi connectivity index (χ1n) is 5.58. The van der Waals surface area contributed by atoms with Crippen LogP contribution in [0, 0.1) is 0 Å². The Morgan fingerprint density at radius 1 is 1.56 bits per heavy atom. The summed E-state index contributed by atoms with van der Waals surface area (Å²) in [6.07, 6.45) is 2.88. The fourth-order valence-electron chi connectivity index (χ4n) is 1.41. The predicted molar refractivity (Wildman–Crippen MR) is 71.7 cm³/mol. The number of alkyl halides is 1. The van der Waals surface area contributed by atoms with Gasteiger partial charge in [0, 0.05) is 24.6 Å². The summed E-state index contributed by atoms with van der Waals surface area (Å²) in [5, 5.41) is 0. The van der Waals surface area contributed by atoms with Gasteiger partial charge in [0.2, 0.25) is 0 Å². The SMILES string of the molecule is CCOc1cccnc1N(C)CCC(C)Br. The summed E-state index contributed by atoms with van der Waals surface area (Å²) in [7, 11) is 2.04. The van der Waals surface area contributed by atoms with Crippen LogP contribution in [-0.4, -0.2) is 30.0 Å². The third-order valence-corrected chi connectivity index (χ3v) is 2.73. The number of nitrogens with zero attached hydrogens (tertiary/aromatic N) is 2. The van der Waals surface area contributed by atoms with Crippen LogP contribution in [0.2, 0.25) is 0 Å². The van der Waals surface area contributed by atoms with E-state index >= 15 is 0 Å². The molecule has 90 valence electrons. The summed E-state index contributed by atoms with van der Waals surface area (Å²) in [5.41, 5.74) is 0. The van der Waals surface area contributed by atoms with Crippen molar-refractivity contribution in [1.29, 1.82) is 0 Å². The number of rotatable bonds is 6. The lowest BCUT2D eigenvalue weighted by molar-refractivity contribution is 0.339. The fraction of sp³-hybridized carbons (Fsp3) is 0.583. The van der Waals surface area contributed by atoms with Crippen molar-refractivity contribution in [2.45, 2.75) is 25.1 Å². The number of hydrogen-bond donors (Lipinski definition) is 0. The smallest absolute Gasteiger partial charge is 0.171 e. The fourth-order valence-corrected chi connectivity index (χ4v) is 1.62. The summed E-state index contributed by atoms with van der Waals surface area (Å²) < 4.78 is 5.55. The first-order valence-corrected chi connectivity index (χ1v) is 6.49. The second-order valence-corrected chi connectivity index (χ2v) is 5.31. The van der Waals surface area contributed by atoms with Gasteiger partial charge < -0.3 is 9.64 Å². The van der Waals surface area contributed by atoms with Crippen LogP contribution in [0.5, 0.6) is 5.75 Å². The highest BCUT2D eigenvalue weighted by Crippen LogP contribution is 2.24. The van der Waals surface area contributed by atoms with Crippen LogP contribution in [0.15, 0.2) is 18.3 Å². The van der Waals surface area contributed by atoms with Gasteiger partial charge in [0.05, 0.1) is 6.61 Å². The number of anilines is 1. The third-order valence-electron chi connectivity index (χ3n) is 2.27. The van der Waals surface area contributed by atoms with Crippen LogP contribution in [-0.2, 0) is 0 Å². The Kier molecular flexibility index (Phi) is 5.60. The summed E-state index contributed by atoms with van der Waals surface area (Å²) in [6, 6.07) is 3.86. The highest BCUT2D eigenvalue weighted by molar-refractivity contribution is 9.09. The monoisotopic (exact) mass is 286 g/mol. The van der Waals surface area contributed by atoms with Crippen molar-refractivity contribution in [3.8, 4) is 5.75 Å². The van der Waals surface area contributed by atoms with Gasteiger partial charge in [0.1, 0.15) is 0 Å². The highest BCUT2D eigenvalue weighted by atomic mass is 79.9. The first-order chi connectivity index (χ1) is 7.65. The molecule has 0 saturated carbocycles. The van der Waals surface area contributed by atoms with E-state index in [1.54, 1.807) is 6.20 Å². The van der Waals surface area contributed by atoms with E-state index in [1.165, 1.54) is 0 Å². The third kappa shape index (κ3) is 4.00. The maximum Gasteiger partial charge on any atom is 0.171 e. The summed E-state index contributed by atoms with van der Waals surface area (Å²) >= 11 is 3.55. The molecule has 0 aliphatic heterocycles. The van der Waals surface area contributed by atoms with Gasteiger partial charge in [-0.2, -0.15) is 0 Å². The van der Waals surface area contributed by atoms with Crippen LogP contribution >= 0.6 is 15.9 Å². The Morgan fingerprint density at radius 2 is 2.31 bits per heavy atom. The summed E-state index contributed by atoms with van der Waals surface area (Å²) in [6.45, 7) is 5.76. The van der Waals surface area contributed by atoms with Gasteiger partial charge in [-0.3, -0.25) is 0 Å². The van der Waals surface area contributed by atoms with Crippen molar-refractivity contribution in [2.75, 3.05) is 25.1 Å². The molecule has 0 aliphatic carbocycles. The van der Waals surface area contributed by atoms with Gasteiger partial charge in [-0.25, -0.2) is 4.98 Å². The lowest BCUT2D eigenvalue weighted by Gasteiger charge is -2.21. The van der Waals surface area contributed by atoms with Crippen molar-refractivity contribution in [3.63, 3.8) is 0 Å². The number of hydrogen-bond acceptors (Lipinski definition) is 3. The van der Waals surface area contributed by atoms with Gasteiger partial charge >= 0.3 is 0 Å². The van der Waals surface area contributed by atoms with E-state index in [9.17, 15) is 0 Å². The van der Waals surface area contributed by atoms with Crippen molar-refractivity contribution >= 4 is 21.7 Å². The Balaban J connectivity index is 2.69. The molecule has 1 aromatic heterocycles. The van der Waals surface area contributed by atoms with E-state index in [1.807, 2.05) is 26.1 Å².